The molecule has 16 heavy (non-hydrogen) atoms. The summed E-state index contributed by atoms with van der Waals surface area (Å²) in [6, 6.07) is 5.48. The zero-order chi connectivity index (χ0) is 11.7. The molecule has 0 aliphatic carbocycles. The first-order valence-electron chi connectivity index (χ1n) is 5.42. The van der Waals surface area contributed by atoms with Gasteiger partial charge in [-0.15, -0.1) is 0 Å². The second-order valence-electron chi connectivity index (χ2n) is 4.20. The number of hydrogen-bond acceptors (Lipinski definition) is 2. The molecule has 1 heterocycles. The lowest BCUT2D eigenvalue weighted by Crippen LogP contribution is -2.26. The molecule has 0 radical (unpaired) electrons. The third-order valence-corrected chi connectivity index (χ3v) is 4.07. The molecule has 2 rings (SSSR count). The van der Waals surface area contributed by atoms with Crippen molar-refractivity contribution in [3.63, 3.8) is 0 Å². The Morgan fingerprint density at radius 2 is 2.19 bits per heavy atom. The maximum atomic E-state index is 6.24. The number of nitrogens with two attached hydrogens (primary N) is 1. The van der Waals surface area contributed by atoms with Crippen molar-refractivity contribution in [2.45, 2.75) is 25.5 Å². The lowest BCUT2D eigenvalue weighted by atomic mass is 9.89. The van der Waals surface area contributed by atoms with E-state index < -0.39 is 0 Å². The molecule has 0 spiro atoms. The van der Waals surface area contributed by atoms with Crippen LogP contribution >= 0.6 is 23.2 Å². The van der Waals surface area contributed by atoms with E-state index in [1.807, 2.05) is 12.1 Å². The summed E-state index contributed by atoms with van der Waals surface area (Å²) in [6.45, 7) is 2.83. The van der Waals surface area contributed by atoms with Gasteiger partial charge in [0, 0.05) is 18.6 Å². The van der Waals surface area contributed by atoms with Crippen molar-refractivity contribution < 1.29 is 4.74 Å². The van der Waals surface area contributed by atoms with Gasteiger partial charge in [-0.3, -0.25) is 0 Å². The van der Waals surface area contributed by atoms with Crippen LogP contribution < -0.4 is 5.73 Å². The van der Waals surface area contributed by atoms with Crippen LogP contribution in [0.25, 0.3) is 0 Å². The van der Waals surface area contributed by atoms with Crippen LogP contribution in [-0.4, -0.2) is 12.7 Å². The average Bonchev–Trinajstić information content (AvgIpc) is 2.68. The fraction of sp³-hybridized carbons (Fsp3) is 0.500. The maximum Gasteiger partial charge on any atom is 0.0640 e. The molecular formula is C12H15Cl2NO. The predicted octanol–water partition coefficient (Wildman–Crippen LogP) is 3.42. The van der Waals surface area contributed by atoms with E-state index in [1.165, 1.54) is 0 Å². The maximum absolute atomic E-state index is 6.24. The summed E-state index contributed by atoms with van der Waals surface area (Å²) in [7, 11) is 0. The van der Waals surface area contributed by atoms with Gasteiger partial charge in [-0.05, 0) is 25.0 Å². The van der Waals surface area contributed by atoms with E-state index in [4.69, 9.17) is 33.7 Å². The highest BCUT2D eigenvalue weighted by Gasteiger charge is 2.31. The summed E-state index contributed by atoms with van der Waals surface area (Å²) in [5.74, 6) is 0.316. The molecular weight excluding hydrogens is 245 g/mol. The molecule has 1 aliphatic heterocycles. The summed E-state index contributed by atoms with van der Waals surface area (Å²) in [5.41, 5.74) is 7.15. The van der Waals surface area contributed by atoms with Gasteiger partial charge in [0.15, 0.2) is 0 Å². The molecule has 88 valence electrons. The Kier molecular flexibility index (Phi) is 3.75. The van der Waals surface area contributed by atoms with Crippen LogP contribution in [0.2, 0.25) is 10.0 Å². The standard InChI is InChI=1S/C12H15Cl2NO/c1-7-8(5-6-16-7)12(15)9-3-2-4-10(13)11(9)14/h2-4,7-8,12H,5-6,15H2,1H3. The highest BCUT2D eigenvalue weighted by Crippen LogP contribution is 2.36. The summed E-state index contributed by atoms with van der Waals surface area (Å²) in [6.07, 6.45) is 1.16. The lowest BCUT2D eigenvalue weighted by Gasteiger charge is -2.23. The Labute approximate surface area is 106 Å². The van der Waals surface area contributed by atoms with Gasteiger partial charge in [0.1, 0.15) is 0 Å². The summed E-state index contributed by atoms with van der Waals surface area (Å²) in [5, 5.41) is 1.12. The Hall–Kier alpha value is -0.280. The van der Waals surface area contributed by atoms with E-state index in [2.05, 4.69) is 6.92 Å². The van der Waals surface area contributed by atoms with Crippen molar-refractivity contribution >= 4 is 23.2 Å². The van der Waals surface area contributed by atoms with Crippen LogP contribution in [-0.2, 0) is 4.74 Å². The Morgan fingerprint density at radius 1 is 1.44 bits per heavy atom. The van der Waals surface area contributed by atoms with E-state index in [-0.39, 0.29) is 12.1 Å². The number of ether oxygens (including phenoxy) is 1. The van der Waals surface area contributed by atoms with E-state index in [9.17, 15) is 0 Å². The van der Waals surface area contributed by atoms with Gasteiger partial charge >= 0.3 is 0 Å². The first-order chi connectivity index (χ1) is 7.61. The fourth-order valence-corrected chi connectivity index (χ4v) is 2.66. The second kappa shape index (κ2) is 4.92. The van der Waals surface area contributed by atoms with Gasteiger partial charge in [0.05, 0.1) is 16.1 Å². The largest absolute Gasteiger partial charge is 0.378 e. The minimum atomic E-state index is -0.108. The molecule has 4 heteroatoms. The first kappa shape index (κ1) is 12.2. The quantitative estimate of drug-likeness (QED) is 0.884. The van der Waals surface area contributed by atoms with Crippen LogP contribution in [0.1, 0.15) is 24.9 Å². The van der Waals surface area contributed by atoms with Crippen molar-refractivity contribution in [3.8, 4) is 0 Å². The van der Waals surface area contributed by atoms with Gasteiger partial charge in [-0.2, -0.15) is 0 Å². The van der Waals surface area contributed by atoms with Crippen LogP contribution in [0.4, 0.5) is 0 Å². The Morgan fingerprint density at radius 3 is 2.81 bits per heavy atom. The monoisotopic (exact) mass is 259 g/mol. The molecule has 1 saturated heterocycles. The minimum Gasteiger partial charge on any atom is -0.378 e. The highest BCUT2D eigenvalue weighted by atomic mass is 35.5. The van der Waals surface area contributed by atoms with Crippen LogP contribution in [0.15, 0.2) is 18.2 Å². The molecule has 1 fully saturated rings. The van der Waals surface area contributed by atoms with E-state index in [1.54, 1.807) is 6.07 Å². The third kappa shape index (κ3) is 2.21. The van der Waals surface area contributed by atoms with Gasteiger partial charge in [-0.25, -0.2) is 0 Å². The third-order valence-electron chi connectivity index (χ3n) is 3.24. The SMILES string of the molecule is CC1OCCC1C(N)c1cccc(Cl)c1Cl. The molecule has 3 unspecified atom stereocenters. The van der Waals surface area contributed by atoms with E-state index in [0.29, 0.717) is 16.0 Å². The minimum absolute atomic E-state index is 0.108. The van der Waals surface area contributed by atoms with Crippen molar-refractivity contribution in [2.24, 2.45) is 11.7 Å². The normalized spacial score (nSPS) is 27.0. The van der Waals surface area contributed by atoms with E-state index >= 15 is 0 Å². The van der Waals surface area contributed by atoms with Crippen molar-refractivity contribution in [1.29, 1.82) is 0 Å². The number of hydrogen-bond donors (Lipinski definition) is 1. The molecule has 0 bridgehead atoms. The number of rotatable bonds is 2. The van der Waals surface area contributed by atoms with Crippen molar-refractivity contribution in [3.05, 3.63) is 33.8 Å². The van der Waals surface area contributed by atoms with Crippen molar-refractivity contribution in [1.82, 2.24) is 0 Å². The van der Waals surface area contributed by atoms with Crippen LogP contribution in [0.3, 0.4) is 0 Å². The first-order valence-corrected chi connectivity index (χ1v) is 6.18. The zero-order valence-corrected chi connectivity index (χ0v) is 10.6. The smallest absolute Gasteiger partial charge is 0.0640 e. The summed E-state index contributed by atoms with van der Waals surface area (Å²) >= 11 is 12.1. The topological polar surface area (TPSA) is 35.2 Å². The molecule has 3 atom stereocenters. The molecule has 1 aromatic rings. The highest BCUT2D eigenvalue weighted by molar-refractivity contribution is 6.42. The second-order valence-corrected chi connectivity index (χ2v) is 4.98. The summed E-state index contributed by atoms with van der Waals surface area (Å²) < 4.78 is 5.52. The van der Waals surface area contributed by atoms with Gasteiger partial charge in [-0.1, -0.05) is 35.3 Å². The fourth-order valence-electron chi connectivity index (χ4n) is 2.23. The Balaban J connectivity index is 2.26. The summed E-state index contributed by atoms with van der Waals surface area (Å²) in [4.78, 5) is 0. The lowest BCUT2D eigenvalue weighted by molar-refractivity contribution is 0.0995. The molecule has 1 aliphatic rings. The predicted molar refractivity (Wildman–Crippen MR) is 66.9 cm³/mol. The number of halogens is 2. The van der Waals surface area contributed by atoms with Gasteiger partial charge < -0.3 is 10.5 Å². The molecule has 1 aromatic carbocycles. The average molecular weight is 260 g/mol. The number of benzene rings is 1. The van der Waals surface area contributed by atoms with Crippen molar-refractivity contribution in [2.75, 3.05) is 6.61 Å². The van der Waals surface area contributed by atoms with E-state index in [0.717, 1.165) is 18.6 Å². The molecule has 0 saturated carbocycles. The Bertz CT molecular complexity index is 383. The van der Waals surface area contributed by atoms with Crippen LogP contribution in [0, 0.1) is 5.92 Å². The zero-order valence-electron chi connectivity index (χ0n) is 9.12. The molecule has 2 N–H and O–H groups in total. The van der Waals surface area contributed by atoms with Gasteiger partial charge in [0.2, 0.25) is 0 Å². The van der Waals surface area contributed by atoms with Gasteiger partial charge in [0.25, 0.3) is 0 Å². The van der Waals surface area contributed by atoms with Crippen LogP contribution in [0.5, 0.6) is 0 Å². The molecule has 0 aromatic heterocycles. The molecule has 2 nitrogen and oxygen atoms in total. The molecule has 0 amide bonds.